The van der Waals surface area contributed by atoms with Crippen LogP contribution in [0.4, 0.5) is 0 Å². The minimum absolute atomic E-state index is 0.298. The first-order chi connectivity index (χ1) is 9.95. The summed E-state index contributed by atoms with van der Waals surface area (Å²) in [6.45, 7) is 0. The monoisotopic (exact) mass is 327 g/mol. The number of aliphatic carboxylic acids is 1. The van der Waals surface area contributed by atoms with Crippen molar-refractivity contribution in [2.75, 3.05) is 0 Å². The van der Waals surface area contributed by atoms with E-state index in [0.717, 1.165) is 17.7 Å². The van der Waals surface area contributed by atoms with Gasteiger partial charge in [0.2, 0.25) is 0 Å². The zero-order valence-electron chi connectivity index (χ0n) is 11.4. The fourth-order valence-electron chi connectivity index (χ4n) is 2.50. The molecule has 5 nitrogen and oxygen atoms in total. The predicted octanol–water partition coefficient (Wildman–Crippen LogP) is 2.32. The van der Waals surface area contributed by atoms with Crippen molar-refractivity contribution in [2.45, 2.75) is 41.9 Å². The number of hydrogen-bond acceptors (Lipinski definition) is 4. The van der Waals surface area contributed by atoms with Gasteiger partial charge in [-0.2, -0.15) is 0 Å². The van der Waals surface area contributed by atoms with Crippen LogP contribution in [0.15, 0.2) is 28.5 Å². The Balaban J connectivity index is 1.71. The Hall–Kier alpha value is -1.18. The van der Waals surface area contributed by atoms with Gasteiger partial charge in [-0.3, -0.25) is 4.79 Å². The second kappa shape index (κ2) is 5.55. The van der Waals surface area contributed by atoms with Crippen LogP contribution in [-0.4, -0.2) is 25.5 Å². The highest BCUT2D eigenvalue weighted by Crippen LogP contribution is 2.43. The second-order valence-corrected chi connectivity index (χ2v) is 8.65. The van der Waals surface area contributed by atoms with Gasteiger partial charge in [-0.1, -0.05) is 12.2 Å². The largest absolute Gasteiger partial charge is 0.481 e. The van der Waals surface area contributed by atoms with Crippen molar-refractivity contribution in [3.8, 4) is 0 Å². The molecule has 2 N–H and O–H groups in total. The van der Waals surface area contributed by atoms with E-state index in [0.29, 0.717) is 23.0 Å². The first kappa shape index (κ1) is 14.7. The molecule has 0 aromatic carbocycles. The molecule has 0 unspecified atom stereocenters. The van der Waals surface area contributed by atoms with Gasteiger partial charge in [0.1, 0.15) is 4.21 Å². The van der Waals surface area contributed by atoms with E-state index < -0.39 is 28.0 Å². The number of thiophene rings is 1. The zero-order valence-corrected chi connectivity index (χ0v) is 13.0. The summed E-state index contributed by atoms with van der Waals surface area (Å²) < 4.78 is 27.6. The number of rotatable bonds is 5. The average molecular weight is 327 g/mol. The van der Waals surface area contributed by atoms with Crippen LogP contribution in [0.5, 0.6) is 0 Å². The van der Waals surface area contributed by atoms with Crippen LogP contribution in [0.2, 0.25) is 0 Å². The molecule has 1 fully saturated rings. The van der Waals surface area contributed by atoms with E-state index in [4.69, 9.17) is 5.11 Å². The molecule has 21 heavy (non-hydrogen) atoms. The number of allylic oxidation sites excluding steroid dienone is 1. The molecule has 2 atom stereocenters. The minimum atomic E-state index is -3.57. The highest BCUT2D eigenvalue weighted by Gasteiger charge is 2.30. The Kier molecular flexibility index (Phi) is 3.90. The molecule has 2 aliphatic carbocycles. The SMILES string of the molecule is O=C(O)[C@@H]1CC=C[C@@H](NS(=O)(=O)c2ccc(C3CC3)s2)C1. The van der Waals surface area contributed by atoms with Gasteiger partial charge in [0, 0.05) is 10.9 Å². The Bertz CT molecular complexity index is 673. The lowest BCUT2D eigenvalue weighted by molar-refractivity contribution is -0.142. The van der Waals surface area contributed by atoms with Gasteiger partial charge in [0.05, 0.1) is 5.92 Å². The summed E-state index contributed by atoms with van der Waals surface area (Å²) in [7, 11) is -3.57. The summed E-state index contributed by atoms with van der Waals surface area (Å²) in [6.07, 6.45) is 6.51. The number of nitrogens with one attached hydrogen (secondary N) is 1. The van der Waals surface area contributed by atoms with Crippen molar-refractivity contribution in [1.82, 2.24) is 4.72 Å². The summed E-state index contributed by atoms with van der Waals surface area (Å²) in [5.41, 5.74) is 0. The first-order valence-corrected chi connectivity index (χ1v) is 9.27. The van der Waals surface area contributed by atoms with E-state index in [1.807, 2.05) is 6.07 Å². The number of carboxylic acids is 1. The molecule has 0 spiro atoms. The fourth-order valence-corrected chi connectivity index (χ4v) is 5.22. The Labute approximate surface area is 127 Å². The second-order valence-electron chi connectivity index (χ2n) is 5.59. The predicted molar refractivity (Wildman–Crippen MR) is 79.9 cm³/mol. The molecule has 0 saturated heterocycles. The lowest BCUT2D eigenvalue weighted by Gasteiger charge is -2.22. The molecule has 1 saturated carbocycles. The summed E-state index contributed by atoms with van der Waals surface area (Å²) in [4.78, 5) is 12.1. The Morgan fingerprint density at radius 3 is 2.76 bits per heavy atom. The molecule has 1 heterocycles. The van der Waals surface area contributed by atoms with E-state index in [-0.39, 0.29) is 0 Å². The van der Waals surface area contributed by atoms with Crippen LogP contribution in [0.25, 0.3) is 0 Å². The average Bonchev–Trinajstić information content (AvgIpc) is 3.15. The normalized spacial score (nSPS) is 25.9. The molecule has 0 amide bonds. The highest BCUT2D eigenvalue weighted by atomic mass is 32.2. The topological polar surface area (TPSA) is 83.5 Å². The number of carbonyl (C=O) groups is 1. The van der Waals surface area contributed by atoms with Crippen molar-refractivity contribution >= 4 is 27.3 Å². The number of hydrogen-bond donors (Lipinski definition) is 2. The van der Waals surface area contributed by atoms with Crippen LogP contribution < -0.4 is 4.72 Å². The summed E-state index contributed by atoms with van der Waals surface area (Å²) in [5, 5.41) is 9.03. The smallest absolute Gasteiger partial charge is 0.306 e. The lowest BCUT2D eigenvalue weighted by atomic mass is 9.92. The summed E-state index contributed by atoms with van der Waals surface area (Å²) in [5.74, 6) is -0.867. The molecule has 1 aromatic rings. The van der Waals surface area contributed by atoms with E-state index >= 15 is 0 Å². The Morgan fingerprint density at radius 2 is 2.10 bits per heavy atom. The lowest BCUT2D eigenvalue weighted by Crippen LogP contribution is -2.37. The molecule has 0 bridgehead atoms. The van der Waals surface area contributed by atoms with Crippen molar-refractivity contribution in [1.29, 1.82) is 0 Å². The van der Waals surface area contributed by atoms with Gasteiger partial charge in [-0.15, -0.1) is 11.3 Å². The minimum Gasteiger partial charge on any atom is -0.481 e. The third-order valence-corrected chi connectivity index (χ3v) is 7.06. The van der Waals surface area contributed by atoms with E-state index in [9.17, 15) is 13.2 Å². The standard InChI is InChI=1S/C14H17NO4S2/c16-14(17)10-2-1-3-11(8-10)15-21(18,19)13-7-6-12(20-13)9-4-5-9/h1,3,6-7,9-11,15H,2,4-5,8H2,(H,16,17)/t10-,11-/m1/s1. The van der Waals surface area contributed by atoms with Crippen molar-refractivity contribution in [2.24, 2.45) is 5.92 Å². The van der Waals surface area contributed by atoms with Crippen molar-refractivity contribution < 1.29 is 18.3 Å². The fraction of sp³-hybridized carbons (Fsp3) is 0.500. The highest BCUT2D eigenvalue weighted by molar-refractivity contribution is 7.91. The maximum atomic E-state index is 12.4. The molecule has 7 heteroatoms. The van der Waals surface area contributed by atoms with E-state index in [1.54, 1.807) is 18.2 Å². The van der Waals surface area contributed by atoms with Crippen LogP contribution in [0.1, 0.15) is 36.5 Å². The third kappa shape index (κ3) is 3.36. The van der Waals surface area contributed by atoms with Gasteiger partial charge < -0.3 is 5.11 Å². The first-order valence-electron chi connectivity index (χ1n) is 6.97. The van der Waals surface area contributed by atoms with Crippen molar-refractivity contribution in [3.05, 3.63) is 29.2 Å². The molecule has 3 rings (SSSR count). The Morgan fingerprint density at radius 1 is 1.33 bits per heavy atom. The molecule has 0 radical (unpaired) electrons. The number of carboxylic acid groups (broad SMARTS) is 1. The van der Waals surface area contributed by atoms with Crippen molar-refractivity contribution in [3.63, 3.8) is 0 Å². The van der Waals surface area contributed by atoms with Gasteiger partial charge >= 0.3 is 5.97 Å². The van der Waals surface area contributed by atoms with E-state index in [2.05, 4.69) is 4.72 Å². The summed E-state index contributed by atoms with van der Waals surface area (Å²) >= 11 is 1.32. The van der Waals surface area contributed by atoms with Gasteiger partial charge in [-0.05, 0) is 43.7 Å². The molecule has 0 aliphatic heterocycles. The van der Waals surface area contributed by atoms with Crippen LogP contribution in [-0.2, 0) is 14.8 Å². The quantitative estimate of drug-likeness (QED) is 0.813. The van der Waals surface area contributed by atoms with Crippen LogP contribution >= 0.6 is 11.3 Å². The number of sulfonamides is 1. The zero-order chi connectivity index (χ0) is 15.0. The van der Waals surface area contributed by atoms with Gasteiger partial charge in [0.15, 0.2) is 0 Å². The third-order valence-electron chi connectivity index (χ3n) is 3.83. The molecule has 2 aliphatic rings. The van der Waals surface area contributed by atoms with E-state index in [1.165, 1.54) is 11.3 Å². The van der Waals surface area contributed by atoms with Crippen LogP contribution in [0, 0.1) is 5.92 Å². The summed E-state index contributed by atoms with van der Waals surface area (Å²) in [6, 6.07) is 3.08. The molecule has 1 aromatic heterocycles. The molecular formula is C14H17NO4S2. The van der Waals surface area contributed by atoms with Crippen LogP contribution in [0.3, 0.4) is 0 Å². The maximum Gasteiger partial charge on any atom is 0.306 e. The molecule has 114 valence electrons. The van der Waals surface area contributed by atoms with Gasteiger partial charge in [-0.25, -0.2) is 13.1 Å². The maximum absolute atomic E-state index is 12.4. The molecular weight excluding hydrogens is 310 g/mol. The van der Waals surface area contributed by atoms with Gasteiger partial charge in [0.25, 0.3) is 10.0 Å².